The molecule has 1 amide bonds. The number of aliphatic hydroxyl groups excluding tert-OH is 1. The Bertz CT molecular complexity index is 1110. The summed E-state index contributed by atoms with van der Waals surface area (Å²) < 4.78 is 24.8. The van der Waals surface area contributed by atoms with E-state index in [1.54, 1.807) is 0 Å². The second kappa shape index (κ2) is 11.7. The minimum Gasteiger partial charge on any atom is -0.477 e. The van der Waals surface area contributed by atoms with Gasteiger partial charge in [-0.05, 0) is 18.1 Å². The van der Waals surface area contributed by atoms with Gasteiger partial charge in [0.05, 0.1) is 31.3 Å². The Hall–Kier alpha value is -2.46. The molecular weight excluding hydrogens is 503 g/mol. The molecular formula is C25H29N2O7PS. The molecule has 0 spiro atoms. The van der Waals surface area contributed by atoms with Crippen LogP contribution in [0.5, 0.6) is 0 Å². The average Bonchev–Trinajstić information content (AvgIpc) is 3.20. The Morgan fingerprint density at radius 3 is 2.17 bits per heavy atom. The normalized spacial score (nSPS) is 20.3. The first-order valence-corrected chi connectivity index (χ1v) is 14.1. The Balaban J connectivity index is 1.36. The van der Waals surface area contributed by atoms with Gasteiger partial charge >= 0.3 is 13.7 Å². The van der Waals surface area contributed by atoms with Crippen molar-refractivity contribution in [2.24, 2.45) is 5.92 Å². The molecule has 4 rings (SSSR count). The van der Waals surface area contributed by atoms with Gasteiger partial charge in [0.25, 0.3) is 0 Å². The van der Waals surface area contributed by atoms with Gasteiger partial charge < -0.3 is 15.1 Å². The molecule has 1 fully saturated rings. The van der Waals surface area contributed by atoms with Crippen molar-refractivity contribution < 1.29 is 33.4 Å². The standard InChI is InChI=1S/C25H29N2O7PS/c1-17(28)22-20-14-21(23(25(30)31)27(20)24(22)29)36-13-12-26-35(32,33-15-18-8-4-2-5-9-18)34-16-19-10-6-3-7-11-19/h2-11,17,20,22,28H,12-16H2,1H3,(H,26,32)(H,30,31)/t17-,20-,22-/m1/s1. The van der Waals surface area contributed by atoms with Crippen LogP contribution >= 0.6 is 19.5 Å². The first-order chi connectivity index (χ1) is 17.3. The molecule has 2 aromatic carbocycles. The van der Waals surface area contributed by atoms with Crippen LogP contribution in [0, 0.1) is 5.92 Å². The third kappa shape index (κ3) is 6.08. The highest BCUT2D eigenvalue weighted by atomic mass is 32.2. The summed E-state index contributed by atoms with van der Waals surface area (Å²) in [7, 11) is -3.68. The van der Waals surface area contributed by atoms with Crippen LogP contribution in [0.15, 0.2) is 71.3 Å². The molecule has 0 radical (unpaired) electrons. The van der Waals surface area contributed by atoms with Crippen LogP contribution in [-0.4, -0.2) is 51.4 Å². The van der Waals surface area contributed by atoms with Crippen LogP contribution in [0.1, 0.15) is 24.5 Å². The number of aliphatic carboxylic acids is 1. The zero-order chi connectivity index (χ0) is 25.7. The number of nitrogens with zero attached hydrogens (tertiary/aromatic N) is 1. The van der Waals surface area contributed by atoms with E-state index >= 15 is 0 Å². The van der Waals surface area contributed by atoms with E-state index in [-0.39, 0.29) is 37.4 Å². The minimum atomic E-state index is -3.68. The maximum absolute atomic E-state index is 13.5. The molecule has 3 atom stereocenters. The summed E-state index contributed by atoms with van der Waals surface area (Å²) in [6.07, 6.45) is -0.463. The molecule has 2 aliphatic heterocycles. The van der Waals surface area contributed by atoms with Gasteiger partial charge in [-0.3, -0.25) is 13.8 Å². The van der Waals surface area contributed by atoms with Crippen molar-refractivity contribution >= 4 is 31.4 Å². The Kier molecular flexibility index (Phi) is 8.66. The SMILES string of the molecule is C[C@@H](O)[C@H]1C(=O)N2C(C(=O)O)=C(SCCNP(=O)(OCc3ccccc3)OCc3ccccc3)C[C@H]12. The van der Waals surface area contributed by atoms with Gasteiger partial charge in [-0.1, -0.05) is 60.7 Å². The van der Waals surface area contributed by atoms with Crippen molar-refractivity contribution in [1.29, 1.82) is 0 Å². The molecule has 2 aliphatic rings. The molecule has 0 aliphatic carbocycles. The molecule has 192 valence electrons. The van der Waals surface area contributed by atoms with Crippen LogP contribution in [0.2, 0.25) is 0 Å². The minimum absolute atomic E-state index is 0.0317. The summed E-state index contributed by atoms with van der Waals surface area (Å²) in [5.74, 6) is -1.75. The van der Waals surface area contributed by atoms with Crippen molar-refractivity contribution in [2.75, 3.05) is 12.3 Å². The number of aliphatic hydroxyl groups is 1. The zero-order valence-corrected chi connectivity index (χ0v) is 21.5. The number of carboxylic acid groups (broad SMARTS) is 1. The van der Waals surface area contributed by atoms with Gasteiger partial charge in [0, 0.05) is 23.6 Å². The number of thioether (sulfide) groups is 1. The topological polar surface area (TPSA) is 125 Å². The Morgan fingerprint density at radius 2 is 1.67 bits per heavy atom. The number of amides is 1. The highest BCUT2D eigenvalue weighted by Gasteiger charge is 2.56. The lowest BCUT2D eigenvalue weighted by Crippen LogP contribution is -2.61. The number of fused-ring (bicyclic) bond motifs is 1. The van der Waals surface area contributed by atoms with Gasteiger partial charge in [-0.2, -0.15) is 0 Å². The van der Waals surface area contributed by atoms with E-state index in [1.165, 1.54) is 23.6 Å². The fourth-order valence-electron chi connectivity index (χ4n) is 4.31. The number of hydrogen-bond acceptors (Lipinski definition) is 7. The van der Waals surface area contributed by atoms with E-state index < -0.39 is 25.7 Å². The van der Waals surface area contributed by atoms with Crippen LogP contribution in [-0.2, 0) is 36.4 Å². The molecule has 2 aromatic rings. The fraction of sp³-hybridized carbons (Fsp3) is 0.360. The first kappa shape index (κ1) is 26.6. The molecule has 0 bridgehead atoms. The predicted octanol–water partition coefficient (Wildman–Crippen LogP) is 3.76. The van der Waals surface area contributed by atoms with Gasteiger partial charge in [0.15, 0.2) is 0 Å². The van der Waals surface area contributed by atoms with E-state index in [0.29, 0.717) is 17.1 Å². The number of β-lactam (4-membered cyclic amide) rings is 1. The van der Waals surface area contributed by atoms with E-state index in [4.69, 9.17) is 9.05 Å². The summed E-state index contributed by atoms with van der Waals surface area (Å²) >= 11 is 1.28. The predicted molar refractivity (Wildman–Crippen MR) is 136 cm³/mol. The van der Waals surface area contributed by atoms with Gasteiger partial charge in [-0.25, -0.2) is 14.4 Å². The van der Waals surface area contributed by atoms with Crippen molar-refractivity contribution in [3.05, 3.63) is 82.4 Å². The van der Waals surface area contributed by atoms with Crippen LogP contribution in [0.4, 0.5) is 0 Å². The van der Waals surface area contributed by atoms with E-state index in [1.807, 2.05) is 60.7 Å². The second-order valence-corrected chi connectivity index (χ2v) is 11.6. The molecule has 36 heavy (non-hydrogen) atoms. The smallest absolute Gasteiger partial charge is 0.406 e. The molecule has 0 unspecified atom stereocenters. The Labute approximate surface area is 214 Å². The highest BCUT2D eigenvalue weighted by Crippen LogP contribution is 2.48. The molecule has 1 saturated heterocycles. The summed E-state index contributed by atoms with van der Waals surface area (Å²) in [6.45, 7) is 1.96. The monoisotopic (exact) mass is 532 g/mol. The fourth-order valence-corrected chi connectivity index (χ4v) is 6.81. The van der Waals surface area contributed by atoms with Crippen molar-refractivity contribution in [2.45, 2.75) is 38.7 Å². The Morgan fingerprint density at radius 1 is 1.11 bits per heavy atom. The summed E-state index contributed by atoms with van der Waals surface area (Å²) in [4.78, 5) is 26.0. The number of nitrogens with one attached hydrogen (secondary N) is 1. The van der Waals surface area contributed by atoms with E-state index in [2.05, 4.69) is 5.09 Å². The van der Waals surface area contributed by atoms with Crippen LogP contribution in [0.25, 0.3) is 0 Å². The average molecular weight is 533 g/mol. The lowest BCUT2D eigenvalue weighted by atomic mass is 9.83. The summed E-state index contributed by atoms with van der Waals surface area (Å²) in [5.41, 5.74) is 1.67. The number of hydrogen-bond donors (Lipinski definition) is 3. The lowest BCUT2D eigenvalue weighted by Gasteiger charge is -2.44. The molecule has 2 heterocycles. The number of carbonyl (C=O) groups is 2. The van der Waals surface area contributed by atoms with Crippen LogP contribution in [0.3, 0.4) is 0 Å². The van der Waals surface area contributed by atoms with Crippen molar-refractivity contribution in [3.8, 4) is 0 Å². The number of carboxylic acids is 1. The maximum atomic E-state index is 13.5. The quantitative estimate of drug-likeness (QED) is 0.201. The number of carbonyl (C=O) groups excluding carboxylic acids is 1. The molecule has 0 saturated carbocycles. The molecule has 11 heteroatoms. The van der Waals surface area contributed by atoms with Crippen molar-refractivity contribution in [1.82, 2.24) is 9.99 Å². The second-order valence-electron chi connectivity index (χ2n) is 8.60. The molecule has 3 N–H and O–H groups in total. The maximum Gasteiger partial charge on any atom is 0.406 e. The van der Waals surface area contributed by atoms with Gasteiger partial charge in [0.1, 0.15) is 5.70 Å². The summed E-state index contributed by atoms with van der Waals surface area (Å²) in [5, 5.41) is 22.4. The van der Waals surface area contributed by atoms with Gasteiger partial charge in [-0.15, -0.1) is 11.8 Å². The van der Waals surface area contributed by atoms with Gasteiger partial charge in [0.2, 0.25) is 5.91 Å². The van der Waals surface area contributed by atoms with Crippen molar-refractivity contribution in [3.63, 3.8) is 0 Å². The number of benzene rings is 2. The largest absolute Gasteiger partial charge is 0.477 e. The van der Waals surface area contributed by atoms with Crippen LogP contribution < -0.4 is 5.09 Å². The third-order valence-corrected chi connectivity index (χ3v) is 8.73. The van der Waals surface area contributed by atoms with E-state index in [9.17, 15) is 24.4 Å². The van der Waals surface area contributed by atoms with E-state index in [0.717, 1.165) is 11.1 Å². The zero-order valence-electron chi connectivity index (χ0n) is 19.8. The highest BCUT2D eigenvalue weighted by molar-refractivity contribution is 8.03. The third-order valence-electron chi connectivity index (χ3n) is 6.06. The molecule has 0 aromatic heterocycles. The summed E-state index contributed by atoms with van der Waals surface area (Å²) in [6, 6.07) is 18.3. The number of rotatable bonds is 13. The first-order valence-electron chi connectivity index (χ1n) is 11.6. The molecule has 9 nitrogen and oxygen atoms in total. The lowest BCUT2D eigenvalue weighted by molar-refractivity contribution is -0.161.